The Morgan fingerprint density at radius 2 is 1.50 bits per heavy atom. The number of para-hydroxylation sites is 2. The van der Waals surface area contributed by atoms with E-state index in [-0.39, 0.29) is 17.1 Å². The van der Waals surface area contributed by atoms with Crippen LogP contribution in [0.3, 0.4) is 0 Å². The number of non-ortho nitro benzene ring substituents is 1. The van der Waals surface area contributed by atoms with Gasteiger partial charge in [-0.05, 0) is 18.2 Å². The normalized spacial score (nSPS) is 10.3. The summed E-state index contributed by atoms with van der Waals surface area (Å²) in [7, 11) is 0. The Labute approximate surface area is 142 Å². The average Bonchev–Trinajstić information content (AvgIpc) is 2.55. The Kier molecular flexibility index (Phi) is 6.58. The maximum atomic E-state index is 11.8. The van der Waals surface area contributed by atoms with Gasteiger partial charge < -0.3 is 9.84 Å². The van der Waals surface area contributed by atoms with E-state index >= 15 is 0 Å². The second-order valence-electron chi connectivity index (χ2n) is 4.38. The molecule has 0 aliphatic carbocycles. The molecule has 0 aromatic heterocycles. The number of alkyl halides is 3. The van der Waals surface area contributed by atoms with Crippen LogP contribution in [0, 0.1) is 20.2 Å². The highest BCUT2D eigenvalue weighted by Crippen LogP contribution is 2.23. The molecule has 0 fully saturated rings. The van der Waals surface area contributed by atoms with Crippen molar-refractivity contribution in [3.63, 3.8) is 0 Å². The SMILES string of the molecule is O=C(Oc1ccc([N+](=O)[O-])cc1)C(F)(F)F.O=[N+]([O-])c1ccccc1O. The first kappa shape index (κ1) is 20.3. The van der Waals surface area contributed by atoms with Gasteiger partial charge in [0.25, 0.3) is 5.69 Å². The minimum atomic E-state index is -5.10. The van der Waals surface area contributed by atoms with Crippen LogP contribution in [-0.4, -0.2) is 27.1 Å². The number of carbonyl (C=O) groups excluding carboxylic acids is 1. The van der Waals surface area contributed by atoms with E-state index in [4.69, 9.17) is 5.11 Å². The van der Waals surface area contributed by atoms with Gasteiger partial charge in [-0.3, -0.25) is 20.2 Å². The molecule has 2 aromatic carbocycles. The van der Waals surface area contributed by atoms with Gasteiger partial charge >= 0.3 is 17.8 Å². The molecule has 0 radical (unpaired) electrons. The van der Waals surface area contributed by atoms with Crippen molar-refractivity contribution in [1.29, 1.82) is 0 Å². The van der Waals surface area contributed by atoms with Crippen LogP contribution in [0.5, 0.6) is 11.5 Å². The molecule has 0 bridgehead atoms. The smallest absolute Gasteiger partial charge is 0.491 e. The lowest BCUT2D eigenvalue weighted by molar-refractivity contribution is -0.385. The van der Waals surface area contributed by atoms with Gasteiger partial charge in [-0.2, -0.15) is 13.2 Å². The van der Waals surface area contributed by atoms with Crippen molar-refractivity contribution in [2.75, 3.05) is 0 Å². The molecule has 0 saturated heterocycles. The quantitative estimate of drug-likeness (QED) is 0.377. The number of benzene rings is 2. The summed E-state index contributed by atoms with van der Waals surface area (Å²) in [5.74, 6) is -3.08. The molecule has 0 heterocycles. The molecule has 0 amide bonds. The lowest BCUT2D eigenvalue weighted by Gasteiger charge is -2.05. The summed E-state index contributed by atoms with van der Waals surface area (Å²) in [4.78, 5) is 29.3. The fraction of sp³-hybridized carbons (Fsp3) is 0.0714. The number of hydrogen-bond acceptors (Lipinski definition) is 7. The first-order valence-corrected chi connectivity index (χ1v) is 6.48. The predicted molar refractivity (Wildman–Crippen MR) is 79.5 cm³/mol. The van der Waals surface area contributed by atoms with Gasteiger partial charge in [0, 0.05) is 18.2 Å². The van der Waals surface area contributed by atoms with Crippen LogP contribution in [-0.2, 0) is 4.79 Å². The Morgan fingerprint density at radius 1 is 0.962 bits per heavy atom. The summed E-state index contributed by atoms with van der Waals surface area (Å²) in [6.07, 6.45) is -5.10. The summed E-state index contributed by atoms with van der Waals surface area (Å²) in [6, 6.07) is 9.22. The Morgan fingerprint density at radius 3 is 1.88 bits per heavy atom. The number of nitro groups is 2. The first-order valence-electron chi connectivity index (χ1n) is 6.48. The average molecular weight is 374 g/mol. The Bertz CT molecular complexity index is 807. The molecule has 12 heteroatoms. The molecule has 0 atom stereocenters. The van der Waals surface area contributed by atoms with Gasteiger partial charge in [0.05, 0.1) is 9.85 Å². The van der Waals surface area contributed by atoms with Crippen LogP contribution in [0.1, 0.15) is 0 Å². The number of carbonyl (C=O) groups is 1. The largest absolute Gasteiger partial charge is 0.502 e. The topological polar surface area (TPSA) is 133 Å². The number of hydrogen-bond donors (Lipinski definition) is 1. The molecule has 26 heavy (non-hydrogen) atoms. The number of ether oxygens (including phenoxy) is 1. The third-order valence-electron chi connectivity index (χ3n) is 2.57. The summed E-state index contributed by atoms with van der Waals surface area (Å²) >= 11 is 0. The highest BCUT2D eigenvalue weighted by Gasteiger charge is 2.41. The molecule has 2 aromatic rings. The van der Waals surface area contributed by atoms with Crippen LogP contribution in [0.25, 0.3) is 0 Å². The van der Waals surface area contributed by atoms with Gasteiger partial charge in [0.2, 0.25) is 0 Å². The lowest BCUT2D eigenvalue weighted by Crippen LogP contribution is -2.27. The summed E-state index contributed by atoms with van der Waals surface area (Å²) in [5.41, 5.74) is -0.575. The number of nitro benzene ring substituents is 2. The van der Waals surface area contributed by atoms with Crippen LogP contribution in [0.15, 0.2) is 48.5 Å². The lowest BCUT2D eigenvalue weighted by atomic mass is 10.3. The number of aromatic hydroxyl groups is 1. The number of phenols is 1. The number of rotatable bonds is 3. The number of halogens is 3. The van der Waals surface area contributed by atoms with Crippen molar-refractivity contribution in [2.24, 2.45) is 0 Å². The molecule has 9 nitrogen and oxygen atoms in total. The number of esters is 1. The molecule has 0 aliphatic rings. The van der Waals surface area contributed by atoms with Crippen molar-refractivity contribution in [2.45, 2.75) is 6.18 Å². The van der Waals surface area contributed by atoms with E-state index < -0.39 is 27.7 Å². The number of nitrogens with zero attached hydrogens (tertiary/aromatic N) is 2. The minimum absolute atomic E-state index is 0.262. The molecular weight excluding hydrogens is 365 g/mol. The molecule has 138 valence electrons. The first-order chi connectivity index (χ1) is 12.0. The van der Waals surface area contributed by atoms with E-state index in [0.29, 0.717) is 0 Å². The molecule has 0 spiro atoms. The van der Waals surface area contributed by atoms with Crippen molar-refractivity contribution in [3.8, 4) is 11.5 Å². The standard InChI is InChI=1S/C8H4F3NO4.C6H5NO3/c9-8(10,11)7(13)16-6-3-1-5(2-4-6)12(14)15;8-6-4-2-1-3-5(6)7(9)10/h1-4H;1-4,8H. The fourth-order valence-electron chi connectivity index (χ4n) is 1.42. The zero-order chi connectivity index (χ0) is 19.9. The highest BCUT2D eigenvalue weighted by atomic mass is 19.4. The van der Waals surface area contributed by atoms with Crippen LogP contribution in [0.4, 0.5) is 24.5 Å². The van der Waals surface area contributed by atoms with E-state index in [2.05, 4.69) is 4.74 Å². The molecule has 0 aliphatic heterocycles. The third-order valence-corrected chi connectivity index (χ3v) is 2.57. The van der Waals surface area contributed by atoms with Crippen LogP contribution < -0.4 is 4.74 Å². The van der Waals surface area contributed by atoms with Crippen molar-refractivity contribution in [1.82, 2.24) is 0 Å². The van der Waals surface area contributed by atoms with E-state index in [9.17, 15) is 38.2 Å². The zero-order valence-electron chi connectivity index (χ0n) is 12.5. The Hall–Kier alpha value is -3.70. The predicted octanol–water partition coefficient (Wildman–Crippen LogP) is 3.36. The second kappa shape index (κ2) is 8.41. The monoisotopic (exact) mass is 374 g/mol. The molecular formula is C14H9F3N2O7. The van der Waals surface area contributed by atoms with E-state index in [0.717, 1.165) is 24.3 Å². The van der Waals surface area contributed by atoms with Gasteiger partial charge in [0.15, 0.2) is 5.75 Å². The van der Waals surface area contributed by atoms with Crippen LogP contribution >= 0.6 is 0 Å². The van der Waals surface area contributed by atoms with E-state index in [1.165, 1.54) is 24.3 Å². The summed E-state index contributed by atoms with van der Waals surface area (Å²) in [5, 5.41) is 29.1. The van der Waals surface area contributed by atoms with E-state index in [1.807, 2.05) is 0 Å². The van der Waals surface area contributed by atoms with E-state index in [1.54, 1.807) is 0 Å². The van der Waals surface area contributed by atoms with Crippen molar-refractivity contribution >= 4 is 17.3 Å². The maximum Gasteiger partial charge on any atom is 0.491 e. The summed E-state index contributed by atoms with van der Waals surface area (Å²) in [6.45, 7) is 0. The number of phenolic OH excluding ortho intramolecular Hbond substituents is 1. The molecule has 2 rings (SSSR count). The highest BCUT2D eigenvalue weighted by molar-refractivity contribution is 5.78. The van der Waals surface area contributed by atoms with Crippen molar-refractivity contribution < 1.29 is 37.7 Å². The van der Waals surface area contributed by atoms with Gasteiger partial charge in [-0.1, -0.05) is 12.1 Å². The summed E-state index contributed by atoms with van der Waals surface area (Å²) < 4.78 is 39.2. The molecule has 1 N–H and O–H groups in total. The van der Waals surface area contributed by atoms with Gasteiger partial charge in [-0.15, -0.1) is 0 Å². The van der Waals surface area contributed by atoms with Crippen molar-refractivity contribution in [3.05, 3.63) is 68.8 Å². The Balaban J connectivity index is 0.000000289. The molecule has 0 saturated carbocycles. The third kappa shape index (κ3) is 6.07. The van der Waals surface area contributed by atoms with Gasteiger partial charge in [-0.25, -0.2) is 4.79 Å². The second-order valence-corrected chi connectivity index (χ2v) is 4.38. The minimum Gasteiger partial charge on any atom is -0.502 e. The fourth-order valence-corrected chi connectivity index (χ4v) is 1.42. The maximum absolute atomic E-state index is 11.8. The molecule has 0 unspecified atom stereocenters. The zero-order valence-corrected chi connectivity index (χ0v) is 12.5. The van der Waals surface area contributed by atoms with Crippen LogP contribution in [0.2, 0.25) is 0 Å². The van der Waals surface area contributed by atoms with Gasteiger partial charge in [0.1, 0.15) is 5.75 Å².